The van der Waals surface area contributed by atoms with E-state index in [0.29, 0.717) is 11.5 Å². The van der Waals surface area contributed by atoms with Gasteiger partial charge in [-0.05, 0) is 13.0 Å². The lowest BCUT2D eigenvalue weighted by Gasteiger charge is -2.19. The summed E-state index contributed by atoms with van der Waals surface area (Å²) in [5.41, 5.74) is 0.662. The molecule has 0 fully saturated rings. The highest BCUT2D eigenvalue weighted by Crippen LogP contribution is 1.96. The van der Waals surface area contributed by atoms with Crippen molar-refractivity contribution in [1.29, 1.82) is 0 Å². The summed E-state index contributed by atoms with van der Waals surface area (Å²) in [5, 5.41) is 11.3. The molecule has 0 atom stereocenters. The molecular weight excluding hydrogens is 248 g/mol. The maximum atomic E-state index is 11.8. The molecular formula is C12H16N4O3. The molecule has 1 aromatic heterocycles. The van der Waals surface area contributed by atoms with Gasteiger partial charge in [-0.15, -0.1) is 6.58 Å². The molecule has 0 unspecified atom stereocenters. The third-order valence-corrected chi connectivity index (χ3v) is 2.22. The molecule has 1 heterocycles. The Bertz CT molecular complexity index is 476. The fourth-order valence-corrected chi connectivity index (χ4v) is 1.42. The average molecular weight is 264 g/mol. The summed E-state index contributed by atoms with van der Waals surface area (Å²) in [7, 11) is 0. The zero-order valence-electron chi connectivity index (χ0n) is 10.7. The van der Waals surface area contributed by atoms with Crippen LogP contribution < -0.4 is 5.32 Å². The molecule has 2 N–H and O–H groups in total. The number of nitrogens with zero attached hydrogens (tertiary/aromatic N) is 3. The molecule has 7 heteroatoms. The van der Waals surface area contributed by atoms with Gasteiger partial charge in [0.15, 0.2) is 0 Å². The van der Waals surface area contributed by atoms with Crippen LogP contribution in [0.2, 0.25) is 0 Å². The van der Waals surface area contributed by atoms with Gasteiger partial charge in [-0.2, -0.15) is 0 Å². The fourth-order valence-electron chi connectivity index (χ4n) is 1.42. The van der Waals surface area contributed by atoms with E-state index >= 15 is 0 Å². The minimum absolute atomic E-state index is 0.168. The largest absolute Gasteiger partial charge is 0.480 e. The molecule has 0 bridgehead atoms. The predicted octanol–water partition coefficient (Wildman–Crippen LogP) is 0.567. The molecule has 0 aliphatic heterocycles. The second kappa shape index (κ2) is 7.10. The minimum Gasteiger partial charge on any atom is -0.480 e. The van der Waals surface area contributed by atoms with Gasteiger partial charge in [-0.25, -0.2) is 14.8 Å². The summed E-state index contributed by atoms with van der Waals surface area (Å²) in [6.07, 6.45) is 3.07. The Hall–Kier alpha value is -2.44. The van der Waals surface area contributed by atoms with Crippen LogP contribution in [0.15, 0.2) is 24.9 Å². The number of hydrogen-bond acceptors (Lipinski definition) is 4. The third kappa shape index (κ3) is 5.15. The summed E-state index contributed by atoms with van der Waals surface area (Å²) >= 11 is 0. The van der Waals surface area contributed by atoms with Gasteiger partial charge in [0.05, 0.1) is 12.2 Å². The molecule has 1 aromatic rings. The van der Waals surface area contributed by atoms with Crippen LogP contribution in [0.5, 0.6) is 0 Å². The van der Waals surface area contributed by atoms with Crippen molar-refractivity contribution in [3.05, 3.63) is 36.4 Å². The van der Waals surface area contributed by atoms with Crippen LogP contribution in [0.4, 0.5) is 4.79 Å². The normalized spacial score (nSPS) is 9.74. The van der Waals surface area contributed by atoms with Gasteiger partial charge in [0.25, 0.3) is 0 Å². The van der Waals surface area contributed by atoms with Crippen molar-refractivity contribution in [2.24, 2.45) is 0 Å². The zero-order valence-corrected chi connectivity index (χ0v) is 10.7. The number of rotatable bonds is 6. The smallest absolute Gasteiger partial charge is 0.323 e. The lowest BCUT2D eigenvalue weighted by molar-refractivity contribution is -0.137. The number of hydrogen-bond donors (Lipinski definition) is 2. The van der Waals surface area contributed by atoms with Crippen LogP contribution in [-0.4, -0.2) is 45.1 Å². The number of urea groups is 1. The second-order valence-electron chi connectivity index (χ2n) is 3.82. The Morgan fingerprint density at radius 1 is 1.58 bits per heavy atom. The summed E-state index contributed by atoms with van der Waals surface area (Å²) < 4.78 is 0. The first kappa shape index (κ1) is 14.6. The van der Waals surface area contributed by atoms with E-state index in [0.717, 1.165) is 4.90 Å². The first-order valence-electron chi connectivity index (χ1n) is 5.67. The van der Waals surface area contributed by atoms with Crippen molar-refractivity contribution in [2.45, 2.75) is 13.5 Å². The number of aryl methyl sites for hydroxylation is 1. The first-order valence-corrected chi connectivity index (χ1v) is 5.67. The summed E-state index contributed by atoms with van der Waals surface area (Å²) in [6.45, 7) is 5.25. The van der Waals surface area contributed by atoms with Crippen LogP contribution in [0.1, 0.15) is 11.5 Å². The minimum atomic E-state index is -1.07. The van der Waals surface area contributed by atoms with E-state index in [1.54, 1.807) is 19.2 Å². The van der Waals surface area contributed by atoms with Gasteiger partial charge in [-0.1, -0.05) is 6.08 Å². The number of aromatic nitrogens is 2. The maximum Gasteiger partial charge on any atom is 0.323 e. The van der Waals surface area contributed by atoms with Crippen molar-refractivity contribution in [2.75, 3.05) is 13.1 Å². The lowest BCUT2D eigenvalue weighted by atomic mass is 10.4. The molecule has 7 nitrogen and oxygen atoms in total. The van der Waals surface area contributed by atoms with Crippen molar-refractivity contribution in [3.8, 4) is 0 Å². The first-order chi connectivity index (χ1) is 9.02. The highest BCUT2D eigenvalue weighted by Gasteiger charge is 2.14. The van der Waals surface area contributed by atoms with E-state index in [9.17, 15) is 9.59 Å². The Kier molecular flexibility index (Phi) is 5.46. The zero-order chi connectivity index (χ0) is 14.3. The van der Waals surface area contributed by atoms with Crippen LogP contribution in [-0.2, 0) is 11.3 Å². The number of nitrogens with one attached hydrogen (secondary N) is 1. The van der Waals surface area contributed by atoms with Gasteiger partial charge in [0.1, 0.15) is 12.4 Å². The average Bonchev–Trinajstić information content (AvgIpc) is 2.35. The molecule has 0 aliphatic rings. The summed E-state index contributed by atoms with van der Waals surface area (Å²) in [5.74, 6) is -0.463. The standard InChI is InChI=1S/C12H16N4O3/c1-3-6-16(8-11(17)18)12(19)14-7-10-4-5-13-9(2)15-10/h3-5H,1,6-8H2,2H3,(H,14,19)(H,17,18). The molecule has 102 valence electrons. The van der Waals surface area contributed by atoms with E-state index in [2.05, 4.69) is 21.9 Å². The number of carbonyl (C=O) groups is 2. The lowest BCUT2D eigenvalue weighted by Crippen LogP contribution is -2.42. The Labute approximate surface area is 111 Å². The fraction of sp³-hybridized carbons (Fsp3) is 0.333. The topological polar surface area (TPSA) is 95.4 Å². The second-order valence-corrected chi connectivity index (χ2v) is 3.82. The number of amides is 2. The summed E-state index contributed by atoms with van der Waals surface area (Å²) in [4.78, 5) is 31.6. The number of carboxylic acid groups (broad SMARTS) is 1. The van der Waals surface area contributed by atoms with Gasteiger partial charge >= 0.3 is 12.0 Å². The summed E-state index contributed by atoms with van der Waals surface area (Å²) in [6, 6.07) is 1.21. The highest BCUT2D eigenvalue weighted by molar-refractivity contribution is 5.80. The van der Waals surface area contributed by atoms with Crippen LogP contribution in [0.25, 0.3) is 0 Å². The molecule has 2 amide bonds. The highest BCUT2D eigenvalue weighted by atomic mass is 16.4. The van der Waals surface area contributed by atoms with E-state index < -0.39 is 12.0 Å². The number of carboxylic acids is 1. The van der Waals surface area contributed by atoms with E-state index in [1.807, 2.05) is 0 Å². The Morgan fingerprint density at radius 2 is 2.32 bits per heavy atom. The van der Waals surface area contributed by atoms with Gasteiger partial charge in [0.2, 0.25) is 0 Å². The molecule has 0 saturated carbocycles. The van der Waals surface area contributed by atoms with Crippen LogP contribution in [0.3, 0.4) is 0 Å². The molecule has 0 aliphatic carbocycles. The Morgan fingerprint density at radius 3 is 2.89 bits per heavy atom. The Balaban J connectivity index is 2.56. The third-order valence-electron chi connectivity index (χ3n) is 2.22. The number of carbonyl (C=O) groups excluding carboxylic acids is 1. The van der Waals surface area contributed by atoms with E-state index in [4.69, 9.17) is 5.11 Å². The molecule has 0 aromatic carbocycles. The monoisotopic (exact) mass is 264 g/mol. The van der Waals surface area contributed by atoms with Crippen molar-refractivity contribution < 1.29 is 14.7 Å². The van der Waals surface area contributed by atoms with Crippen LogP contribution >= 0.6 is 0 Å². The van der Waals surface area contributed by atoms with Crippen LogP contribution in [0, 0.1) is 6.92 Å². The molecule has 0 spiro atoms. The number of aliphatic carboxylic acids is 1. The van der Waals surface area contributed by atoms with Gasteiger partial charge in [-0.3, -0.25) is 4.79 Å². The molecule has 19 heavy (non-hydrogen) atoms. The molecule has 0 radical (unpaired) electrons. The quantitative estimate of drug-likeness (QED) is 0.732. The maximum absolute atomic E-state index is 11.8. The molecule has 1 rings (SSSR count). The van der Waals surface area contributed by atoms with E-state index in [-0.39, 0.29) is 19.6 Å². The predicted molar refractivity (Wildman–Crippen MR) is 68.4 cm³/mol. The van der Waals surface area contributed by atoms with Crippen molar-refractivity contribution in [3.63, 3.8) is 0 Å². The van der Waals surface area contributed by atoms with E-state index in [1.165, 1.54) is 6.08 Å². The molecule has 0 saturated heterocycles. The van der Waals surface area contributed by atoms with Gasteiger partial charge < -0.3 is 15.3 Å². The SMILES string of the molecule is C=CCN(CC(=O)O)C(=O)NCc1ccnc(C)n1. The van der Waals surface area contributed by atoms with Gasteiger partial charge in [0, 0.05) is 12.7 Å². The van der Waals surface area contributed by atoms with Crippen molar-refractivity contribution in [1.82, 2.24) is 20.2 Å². The van der Waals surface area contributed by atoms with Crippen molar-refractivity contribution >= 4 is 12.0 Å².